The average molecular weight is 288 g/mol. The van der Waals surface area contributed by atoms with E-state index < -0.39 is 5.60 Å². The highest BCUT2D eigenvalue weighted by Gasteiger charge is 2.25. The normalized spacial score (nSPS) is 22.1. The Morgan fingerprint density at radius 2 is 1.95 bits per heavy atom. The van der Waals surface area contributed by atoms with E-state index in [1.54, 1.807) is 6.92 Å². The number of nitrogens with two attached hydrogens (primary N) is 1. The number of carbonyl (C=O) groups excluding carboxylic acids is 2. The fourth-order valence-electron chi connectivity index (χ4n) is 1.87. The van der Waals surface area contributed by atoms with Gasteiger partial charge in [0.1, 0.15) is 5.60 Å². The Balaban J connectivity index is 0.000000621. The lowest BCUT2D eigenvalue weighted by Crippen LogP contribution is -2.50. The lowest BCUT2D eigenvalue weighted by atomic mass is 9.91. The van der Waals surface area contributed by atoms with Crippen LogP contribution in [0, 0.1) is 0 Å². The Kier molecular flexibility index (Phi) is 8.96. The van der Waals surface area contributed by atoms with Crippen LogP contribution in [0.2, 0.25) is 0 Å². The van der Waals surface area contributed by atoms with Gasteiger partial charge in [-0.05, 0) is 40.5 Å². The summed E-state index contributed by atoms with van der Waals surface area (Å²) in [5.41, 5.74) is 5.48. The lowest BCUT2D eigenvalue weighted by molar-refractivity contribution is -0.128. The van der Waals surface area contributed by atoms with Gasteiger partial charge in [0, 0.05) is 12.1 Å². The third kappa shape index (κ3) is 9.61. The molecule has 2 unspecified atom stereocenters. The minimum Gasteiger partial charge on any atom is -0.468 e. The first-order chi connectivity index (χ1) is 9.30. The maximum absolute atomic E-state index is 11.5. The van der Waals surface area contributed by atoms with Gasteiger partial charge in [-0.25, -0.2) is 4.79 Å². The first-order valence-electron chi connectivity index (χ1n) is 7.10. The molecule has 118 valence electrons. The molecule has 0 spiro atoms. The molecule has 2 atom stereocenters. The molecule has 0 aromatic carbocycles. The van der Waals surface area contributed by atoms with Gasteiger partial charge in [-0.15, -0.1) is 0 Å². The largest absolute Gasteiger partial charge is 0.468 e. The minimum atomic E-state index is -0.442. The lowest BCUT2D eigenvalue weighted by Gasteiger charge is -2.30. The molecule has 3 N–H and O–H groups in total. The number of carbonyl (C=O) groups is 2. The topological polar surface area (TPSA) is 90.7 Å². The van der Waals surface area contributed by atoms with Crippen LogP contribution in [0.5, 0.6) is 0 Å². The van der Waals surface area contributed by atoms with Crippen LogP contribution in [0.15, 0.2) is 0 Å². The fraction of sp³-hybridized carbons (Fsp3) is 0.857. The molecule has 1 saturated carbocycles. The standard InChI is InChI=1S/C11H22N2O2.C3H6O2/c1-11(2,3)15-10(14)13-9-7-5-4-6-8(9)12;1-2-5-3-4/h8-9H,4-7,12H2,1-3H3,(H,13,14);3H,2H2,1H3. The van der Waals surface area contributed by atoms with Gasteiger partial charge in [-0.2, -0.15) is 0 Å². The molecule has 0 aromatic heterocycles. The summed E-state index contributed by atoms with van der Waals surface area (Å²) in [6.07, 6.45) is 3.88. The smallest absolute Gasteiger partial charge is 0.407 e. The number of nitrogens with one attached hydrogen (secondary N) is 1. The van der Waals surface area contributed by atoms with Gasteiger partial charge < -0.3 is 20.5 Å². The second-order valence-corrected chi connectivity index (χ2v) is 5.75. The molecule has 1 aliphatic rings. The zero-order valence-corrected chi connectivity index (χ0v) is 13.0. The third-order valence-electron chi connectivity index (χ3n) is 2.76. The van der Waals surface area contributed by atoms with Crippen molar-refractivity contribution in [1.29, 1.82) is 0 Å². The van der Waals surface area contributed by atoms with Crippen LogP contribution in [0.25, 0.3) is 0 Å². The summed E-state index contributed by atoms with van der Waals surface area (Å²) in [4.78, 5) is 20.7. The van der Waals surface area contributed by atoms with E-state index in [-0.39, 0.29) is 18.2 Å². The molecule has 6 heteroatoms. The summed E-state index contributed by atoms with van der Waals surface area (Å²) in [5.74, 6) is 0. The van der Waals surface area contributed by atoms with Crippen molar-refractivity contribution >= 4 is 12.6 Å². The molecule has 0 heterocycles. The molecule has 0 saturated heterocycles. The Morgan fingerprint density at radius 3 is 2.35 bits per heavy atom. The van der Waals surface area contributed by atoms with Crippen LogP contribution in [-0.2, 0) is 14.3 Å². The summed E-state index contributed by atoms with van der Waals surface area (Å²) in [7, 11) is 0. The van der Waals surface area contributed by atoms with Crippen LogP contribution >= 0.6 is 0 Å². The maximum atomic E-state index is 11.5. The van der Waals surface area contributed by atoms with Crippen LogP contribution in [-0.4, -0.2) is 36.9 Å². The van der Waals surface area contributed by atoms with E-state index in [0.717, 1.165) is 25.7 Å². The highest BCUT2D eigenvalue weighted by atomic mass is 16.6. The van der Waals surface area contributed by atoms with Crippen molar-refractivity contribution in [1.82, 2.24) is 5.32 Å². The second kappa shape index (κ2) is 9.58. The summed E-state index contributed by atoms with van der Waals surface area (Å²) < 4.78 is 9.34. The fourth-order valence-corrected chi connectivity index (χ4v) is 1.87. The van der Waals surface area contributed by atoms with E-state index in [9.17, 15) is 9.59 Å². The molecule has 1 amide bonds. The van der Waals surface area contributed by atoms with Gasteiger partial charge in [-0.3, -0.25) is 4.79 Å². The van der Waals surface area contributed by atoms with Crippen molar-refractivity contribution in [2.45, 2.75) is 71.1 Å². The Morgan fingerprint density at radius 1 is 1.35 bits per heavy atom. The van der Waals surface area contributed by atoms with Gasteiger partial charge >= 0.3 is 6.09 Å². The predicted molar refractivity (Wildman–Crippen MR) is 77.3 cm³/mol. The molecule has 0 radical (unpaired) electrons. The molecule has 1 aliphatic carbocycles. The number of rotatable bonds is 3. The third-order valence-corrected chi connectivity index (χ3v) is 2.76. The van der Waals surface area contributed by atoms with Gasteiger partial charge in [0.2, 0.25) is 0 Å². The monoisotopic (exact) mass is 288 g/mol. The molecule has 0 aromatic rings. The molecule has 20 heavy (non-hydrogen) atoms. The van der Waals surface area contributed by atoms with E-state index in [1.807, 2.05) is 20.8 Å². The quantitative estimate of drug-likeness (QED) is 0.775. The summed E-state index contributed by atoms with van der Waals surface area (Å²) in [6, 6.07) is 0.153. The first kappa shape index (κ1) is 18.7. The molecular weight excluding hydrogens is 260 g/mol. The van der Waals surface area contributed by atoms with Gasteiger partial charge in [0.15, 0.2) is 0 Å². The van der Waals surface area contributed by atoms with Crippen molar-refractivity contribution in [2.75, 3.05) is 6.61 Å². The Bertz CT molecular complexity index is 289. The molecular formula is C14H28N2O4. The van der Waals surface area contributed by atoms with Crippen LogP contribution in [0.4, 0.5) is 4.79 Å². The minimum absolute atomic E-state index is 0.0752. The number of amides is 1. The van der Waals surface area contributed by atoms with Crippen LogP contribution in [0.3, 0.4) is 0 Å². The number of hydrogen-bond donors (Lipinski definition) is 2. The molecule has 0 aliphatic heterocycles. The van der Waals surface area contributed by atoms with Gasteiger partial charge in [0.25, 0.3) is 6.47 Å². The highest BCUT2D eigenvalue weighted by Crippen LogP contribution is 2.17. The highest BCUT2D eigenvalue weighted by molar-refractivity contribution is 5.68. The molecule has 6 nitrogen and oxygen atoms in total. The van der Waals surface area contributed by atoms with Crippen molar-refractivity contribution in [3.63, 3.8) is 0 Å². The molecule has 0 bridgehead atoms. The molecule has 1 fully saturated rings. The zero-order chi connectivity index (χ0) is 15.6. The summed E-state index contributed by atoms with van der Waals surface area (Å²) in [6.45, 7) is 8.23. The SMILES string of the molecule is CC(C)(C)OC(=O)NC1CCCCC1N.CCOC=O. The molecule has 1 rings (SSSR count). The summed E-state index contributed by atoms with van der Waals surface area (Å²) >= 11 is 0. The average Bonchev–Trinajstić information content (AvgIpc) is 2.31. The zero-order valence-electron chi connectivity index (χ0n) is 13.0. The summed E-state index contributed by atoms with van der Waals surface area (Å²) in [5, 5.41) is 2.84. The van der Waals surface area contributed by atoms with Gasteiger partial charge in [-0.1, -0.05) is 12.8 Å². The number of hydrogen-bond acceptors (Lipinski definition) is 5. The predicted octanol–water partition coefficient (Wildman–Crippen LogP) is 1.96. The number of alkyl carbamates (subject to hydrolysis) is 1. The Labute approximate surface area is 121 Å². The van der Waals surface area contributed by atoms with Crippen LogP contribution < -0.4 is 11.1 Å². The van der Waals surface area contributed by atoms with E-state index in [2.05, 4.69) is 10.1 Å². The van der Waals surface area contributed by atoms with Crippen molar-refractivity contribution in [2.24, 2.45) is 5.73 Å². The van der Waals surface area contributed by atoms with Gasteiger partial charge in [0.05, 0.1) is 6.61 Å². The number of ether oxygens (including phenoxy) is 2. The van der Waals surface area contributed by atoms with Crippen molar-refractivity contribution in [3.05, 3.63) is 0 Å². The van der Waals surface area contributed by atoms with Crippen LogP contribution in [0.1, 0.15) is 53.4 Å². The van der Waals surface area contributed by atoms with E-state index in [1.165, 1.54) is 0 Å². The van der Waals surface area contributed by atoms with E-state index in [0.29, 0.717) is 13.1 Å². The maximum Gasteiger partial charge on any atom is 0.407 e. The second-order valence-electron chi connectivity index (χ2n) is 5.75. The first-order valence-corrected chi connectivity index (χ1v) is 7.10. The van der Waals surface area contributed by atoms with E-state index in [4.69, 9.17) is 10.5 Å². The van der Waals surface area contributed by atoms with Crippen molar-refractivity contribution in [3.8, 4) is 0 Å². The Hall–Kier alpha value is -1.30. The van der Waals surface area contributed by atoms with E-state index >= 15 is 0 Å². The van der Waals surface area contributed by atoms with Crippen molar-refractivity contribution < 1.29 is 19.1 Å².